The number of aromatic nitrogens is 3. The van der Waals surface area contributed by atoms with E-state index in [4.69, 9.17) is 4.52 Å². The van der Waals surface area contributed by atoms with Crippen molar-refractivity contribution in [2.45, 2.75) is 50.5 Å². The number of rotatable bonds is 5. The Bertz CT molecular complexity index is 787. The van der Waals surface area contributed by atoms with Crippen LogP contribution < -0.4 is 10.9 Å². The van der Waals surface area contributed by atoms with Crippen molar-refractivity contribution in [1.29, 1.82) is 0 Å². The smallest absolute Gasteiger partial charge is 0.270 e. The number of nitrogens with one attached hydrogen (secondary N) is 2. The molecule has 0 aromatic carbocycles. The standard InChI is InChI=1S/C16H18N4O3/c21-13-6-12(18-15(19-13)10-4-5-10)16(22)17-7-11-8-23-20-14(11)9-2-1-3-9/h6,8-10H,1-5,7H2,(H,17,22)(H,18,19,21). The number of hydrogen-bond donors (Lipinski definition) is 2. The van der Waals surface area contributed by atoms with Gasteiger partial charge in [-0.15, -0.1) is 0 Å². The van der Waals surface area contributed by atoms with Gasteiger partial charge in [0, 0.05) is 30.0 Å². The third-order valence-corrected chi connectivity index (χ3v) is 4.56. The van der Waals surface area contributed by atoms with Gasteiger partial charge in [0.25, 0.3) is 11.5 Å². The van der Waals surface area contributed by atoms with Gasteiger partial charge in [0.05, 0.1) is 5.69 Å². The van der Waals surface area contributed by atoms with E-state index in [-0.39, 0.29) is 17.2 Å². The average Bonchev–Trinajstić information content (AvgIpc) is 3.24. The van der Waals surface area contributed by atoms with Gasteiger partial charge in [0.1, 0.15) is 17.8 Å². The van der Waals surface area contributed by atoms with Gasteiger partial charge in [-0.1, -0.05) is 11.6 Å². The van der Waals surface area contributed by atoms with E-state index in [1.165, 1.54) is 12.5 Å². The lowest BCUT2D eigenvalue weighted by Gasteiger charge is -2.23. The van der Waals surface area contributed by atoms with Crippen LogP contribution in [-0.4, -0.2) is 21.0 Å². The molecule has 0 atom stereocenters. The van der Waals surface area contributed by atoms with Crippen LogP contribution in [0.1, 0.15) is 71.5 Å². The minimum absolute atomic E-state index is 0.164. The van der Waals surface area contributed by atoms with Crippen LogP contribution in [-0.2, 0) is 6.54 Å². The molecule has 2 saturated carbocycles. The van der Waals surface area contributed by atoms with Crippen LogP contribution in [0.15, 0.2) is 21.6 Å². The largest absolute Gasteiger partial charge is 0.364 e. The molecule has 0 radical (unpaired) electrons. The number of H-pyrrole nitrogens is 1. The highest BCUT2D eigenvalue weighted by Crippen LogP contribution is 2.38. The highest BCUT2D eigenvalue weighted by Gasteiger charge is 2.28. The lowest BCUT2D eigenvalue weighted by Crippen LogP contribution is -2.27. The molecule has 4 rings (SSSR count). The van der Waals surface area contributed by atoms with Crippen LogP contribution in [0.2, 0.25) is 0 Å². The Kier molecular flexibility index (Phi) is 3.48. The summed E-state index contributed by atoms with van der Waals surface area (Å²) >= 11 is 0. The summed E-state index contributed by atoms with van der Waals surface area (Å²) in [5.41, 5.74) is 1.72. The molecule has 2 aromatic rings. The molecule has 2 N–H and O–H groups in total. The quantitative estimate of drug-likeness (QED) is 0.877. The fraction of sp³-hybridized carbons (Fsp3) is 0.500. The summed E-state index contributed by atoms with van der Waals surface area (Å²) in [7, 11) is 0. The van der Waals surface area contributed by atoms with Crippen molar-refractivity contribution in [3.8, 4) is 0 Å². The molecule has 120 valence electrons. The molecule has 0 bridgehead atoms. The van der Waals surface area contributed by atoms with E-state index in [9.17, 15) is 9.59 Å². The molecule has 7 nitrogen and oxygen atoms in total. The van der Waals surface area contributed by atoms with Crippen molar-refractivity contribution in [3.63, 3.8) is 0 Å². The molecular formula is C16H18N4O3. The van der Waals surface area contributed by atoms with Crippen molar-refractivity contribution < 1.29 is 9.32 Å². The maximum absolute atomic E-state index is 12.3. The first-order valence-electron chi connectivity index (χ1n) is 8.03. The Hall–Kier alpha value is -2.44. The second-order valence-electron chi connectivity index (χ2n) is 6.33. The molecule has 0 saturated heterocycles. The zero-order chi connectivity index (χ0) is 15.8. The Balaban J connectivity index is 1.46. The van der Waals surface area contributed by atoms with Crippen molar-refractivity contribution in [2.24, 2.45) is 0 Å². The summed E-state index contributed by atoms with van der Waals surface area (Å²) in [6, 6.07) is 1.24. The van der Waals surface area contributed by atoms with Crippen LogP contribution in [0.3, 0.4) is 0 Å². The summed E-state index contributed by atoms with van der Waals surface area (Å²) in [6.45, 7) is 0.335. The predicted octanol–water partition coefficient (Wildman–Crippen LogP) is 1.83. The Labute approximate surface area is 132 Å². The number of nitrogens with zero attached hydrogens (tertiary/aromatic N) is 2. The van der Waals surface area contributed by atoms with E-state index >= 15 is 0 Å². The minimum atomic E-state index is -0.348. The molecular weight excluding hydrogens is 296 g/mol. The van der Waals surface area contributed by atoms with E-state index in [1.54, 1.807) is 6.26 Å². The molecule has 2 aliphatic carbocycles. The monoisotopic (exact) mass is 314 g/mol. The van der Waals surface area contributed by atoms with Gasteiger partial charge in [0.15, 0.2) is 0 Å². The summed E-state index contributed by atoms with van der Waals surface area (Å²) in [4.78, 5) is 30.9. The molecule has 2 fully saturated rings. The molecule has 23 heavy (non-hydrogen) atoms. The highest BCUT2D eigenvalue weighted by molar-refractivity contribution is 5.92. The number of amides is 1. The number of carbonyl (C=O) groups excluding carboxylic acids is 1. The number of hydrogen-bond acceptors (Lipinski definition) is 5. The SMILES string of the molecule is O=C(NCc1conc1C1CCC1)c1cc(=O)[nH]c(C2CC2)n1. The number of aromatic amines is 1. The molecule has 1 amide bonds. The zero-order valence-corrected chi connectivity index (χ0v) is 12.7. The van der Waals surface area contributed by atoms with Crippen LogP contribution in [0.4, 0.5) is 0 Å². The van der Waals surface area contributed by atoms with Crippen molar-refractivity contribution >= 4 is 5.91 Å². The summed E-state index contributed by atoms with van der Waals surface area (Å²) in [5, 5.41) is 6.86. The van der Waals surface area contributed by atoms with Crippen molar-refractivity contribution in [3.05, 3.63) is 45.5 Å². The first-order valence-corrected chi connectivity index (χ1v) is 8.03. The second-order valence-corrected chi connectivity index (χ2v) is 6.33. The topological polar surface area (TPSA) is 101 Å². The van der Waals surface area contributed by atoms with Crippen molar-refractivity contribution in [2.75, 3.05) is 0 Å². The maximum atomic E-state index is 12.3. The van der Waals surface area contributed by atoms with Crippen LogP contribution in [0.25, 0.3) is 0 Å². The summed E-state index contributed by atoms with van der Waals surface area (Å²) in [5.74, 6) is 1.00. The van der Waals surface area contributed by atoms with Gasteiger partial charge >= 0.3 is 0 Å². The van der Waals surface area contributed by atoms with E-state index in [0.717, 1.165) is 36.9 Å². The normalized spacial score (nSPS) is 17.7. The Morgan fingerprint density at radius 1 is 1.30 bits per heavy atom. The highest BCUT2D eigenvalue weighted by atomic mass is 16.5. The predicted molar refractivity (Wildman–Crippen MR) is 81.1 cm³/mol. The first kappa shape index (κ1) is 14.2. The third kappa shape index (κ3) is 2.91. The van der Waals surface area contributed by atoms with Gasteiger partial charge in [0.2, 0.25) is 0 Å². The summed E-state index contributed by atoms with van der Waals surface area (Å²) < 4.78 is 5.05. The maximum Gasteiger partial charge on any atom is 0.270 e. The first-order chi connectivity index (χ1) is 11.2. The lowest BCUT2D eigenvalue weighted by molar-refractivity contribution is 0.0945. The zero-order valence-electron chi connectivity index (χ0n) is 12.7. The molecule has 2 aromatic heterocycles. The van der Waals surface area contributed by atoms with Crippen LogP contribution in [0, 0.1) is 0 Å². The van der Waals surface area contributed by atoms with Gasteiger partial charge in [-0.2, -0.15) is 0 Å². The minimum Gasteiger partial charge on any atom is -0.364 e. The van der Waals surface area contributed by atoms with E-state index < -0.39 is 0 Å². The lowest BCUT2D eigenvalue weighted by atomic mass is 9.81. The van der Waals surface area contributed by atoms with Crippen molar-refractivity contribution in [1.82, 2.24) is 20.4 Å². The van der Waals surface area contributed by atoms with E-state index in [0.29, 0.717) is 24.2 Å². The molecule has 2 heterocycles. The van der Waals surface area contributed by atoms with Gasteiger partial charge in [-0.05, 0) is 25.7 Å². The Morgan fingerprint density at radius 2 is 2.13 bits per heavy atom. The third-order valence-electron chi connectivity index (χ3n) is 4.56. The summed E-state index contributed by atoms with van der Waals surface area (Å²) in [6.07, 6.45) is 7.05. The van der Waals surface area contributed by atoms with E-state index in [2.05, 4.69) is 20.4 Å². The van der Waals surface area contributed by atoms with Crippen LogP contribution >= 0.6 is 0 Å². The molecule has 7 heteroatoms. The molecule has 0 unspecified atom stereocenters. The van der Waals surface area contributed by atoms with E-state index in [1.807, 2.05) is 0 Å². The van der Waals surface area contributed by atoms with Gasteiger partial charge < -0.3 is 14.8 Å². The van der Waals surface area contributed by atoms with Crippen LogP contribution in [0.5, 0.6) is 0 Å². The molecule has 0 aliphatic heterocycles. The Morgan fingerprint density at radius 3 is 2.83 bits per heavy atom. The molecule has 2 aliphatic rings. The average molecular weight is 314 g/mol. The fourth-order valence-corrected chi connectivity index (χ4v) is 2.83. The fourth-order valence-electron chi connectivity index (χ4n) is 2.83. The van der Waals surface area contributed by atoms with Gasteiger partial charge in [-0.25, -0.2) is 4.98 Å². The second kappa shape index (κ2) is 5.64. The molecule has 0 spiro atoms. The van der Waals surface area contributed by atoms with Gasteiger partial charge in [-0.3, -0.25) is 9.59 Å². The number of carbonyl (C=O) groups is 1.